The lowest BCUT2D eigenvalue weighted by atomic mass is 10.2. The number of hydrogen-bond acceptors (Lipinski definition) is 7. The molecule has 0 radical (unpaired) electrons. The van der Waals surface area contributed by atoms with E-state index < -0.39 is 5.97 Å². The quantitative estimate of drug-likeness (QED) is 0.368. The van der Waals surface area contributed by atoms with Crippen LogP contribution in [0.2, 0.25) is 5.02 Å². The number of anilines is 1. The highest BCUT2D eigenvalue weighted by Gasteiger charge is 2.21. The monoisotopic (exact) mass is 457 g/mol. The fourth-order valence-electron chi connectivity index (χ4n) is 2.79. The topological polar surface area (TPSA) is 72.4 Å². The van der Waals surface area contributed by atoms with Gasteiger partial charge in [-0.2, -0.15) is 0 Å². The summed E-state index contributed by atoms with van der Waals surface area (Å²) in [7, 11) is 0. The van der Waals surface area contributed by atoms with Crippen molar-refractivity contribution in [3.63, 3.8) is 0 Å². The number of para-hydroxylation sites is 1. The van der Waals surface area contributed by atoms with Gasteiger partial charge in [-0.1, -0.05) is 47.2 Å². The van der Waals surface area contributed by atoms with Crippen LogP contribution in [-0.4, -0.2) is 35.0 Å². The van der Waals surface area contributed by atoms with E-state index in [2.05, 4.69) is 9.97 Å². The Bertz CT molecular complexity index is 1190. The van der Waals surface area contributed by atoms with Crippen LogP contribution in [-0.2, 0) is 9.53 Å². The number of nitrogens with zero attached hydrogens (tertiary/aromatic N) is 3. The predicted octanol–water partition coefficient (Wildman–Crippen LogP) is 5.28. The van der Waals surface area contributed by atoms with E-state index in [0.29, 0.717) is 21.7 Å². The molecule has 30 heavy (non-hydrogen) atoms. The summed E-state index contributed by atoms with van der Waals surface area (Å²) >= 11 is 8.74. The number of fused-ring (bicyclic) bond motifs is 1. The van der Waals surface area contributed by atoms with Gasteiger partial charge in [0.25, 0.3) is 5.91 Å². The third-order valence-corrected chi connectivity index (χ3v) is 6.43. The van der Waals surface area contributed by atoms with Crippen LogP contribution in [0, 0.1) is 0 Å². The van der Waals surface area contributed by atoms with Crippen LogP contribution in [0.4, 0.5) is 5.13 Å². The second-order valence-electron chi connectivity index (χ2n) is 6.23. The summed E-state index contributed by atoms with van der Waals surface area (Å²) in [5, 5.41) is 3.43. The molecule has 4 aromatic rings. The first-order valence-corrected chi connectivity index (χ1v) is 11.2. The Morgan fingerprint density at radius 3 is 2.73 bits per heavy atom. The zero-order valence-corrected chi connectivity index (χ0v) is 18.3. The van der Waals surface area contributed by atoms with Gasteiger partial charge in [0.2, 0.25) is 0 Å². The smallest absolute Gasteiger partial charge is 0.358 e. The lowest BCUT2D eigenvalue weighted by Crippen LogP contribution is -2.34. The number of ether oxygens (including phenoxy) is 1. The van der Waals surface area contributed by atoms with E-state index in [9.17, 15) is 9.59 Å². The summed E-state index contributed by atoms with van der Waals surface area (Å²) in [6.07, 6.45) is 0. The first kappa shape index (κ1) is 20.5. The molecule has 0 aliphatic carbocycles. The number of rotatable bonds is 6. The zero-order chi connectivity index (χ0) is 21.1. The number of hydrogen-bond donors (Lipinski definition) is 0. The molecule has 2 heterocycles. The highest BCUT2D eigenvalue weighted by molar-refractivity contribution is 7.22. The zero-order valence-electron chi connectivity index (χ0n) is 15.9. The minimum absolute atomic E-state index is 0.158. The molecule has 1 amide bonds. The Labute approximate surface area is 185 Å². The van der Waals surface area contributed by atoms with E-state index in [4.69, 9.17) is 16.3 Å². The Morgan fingerprint density at radius 2 is 1.97 bits per heavy atom. The maximum atomic E-state index is 12.6. The van der Waals surface area contributed by atoms with E-state index in [-0.39, 0.29) is 18.2 Å². The van der Waals surface area contributed by atoms with E-state index in [1.54, 1.807) is 17.5 Å². The average molecular weight is 458 g/mol. The molecule has 6 nitrogen and oxygen atoms in total. The molecular formula is C21H16ClN3O3S2. The first-order valence-electron chi connectivity index (χ1n) is 9.09. The normalized spacial score (nSPS) is 10.9. The predicted molar refractivity (Wildman–Crippen MR) is 120 cm³/mol. The third-order valence-electron chi connectivity index (χ3n) is 4.24. The van der Waals surface area contributed by atoms with Crippen molar-refractivity contribution < 1.29 is 14.3 Å². The maximum absolute atomic E-state index is 12.6. The van der Waals surface area contributed by atoms with Crippen molar-refractivity contribution in [2.75, 3.05) is 18.1 Å². The van der Waals surface area contributed by atoms with Gasteiger partial charge in [0.05, 0.1) is 10.2 Å². The fraction of sp³-hybridized carbons (Fsp3) is 0.143. The van der Waals surface area contributed by atoms with Crippen molar-refractivity contribution >= 4 is 61.5 Å². The van der Waals surface area contributed by atoms with Crippen LogP contribution >= 0.6 is 34.3 Å². The maximum Gasteiger partial charge on any atom is 0.358 e. The largest absolute Gasteiger partial charge is 0.451 e. The summed E-state index contributed by atoms with van der Waals surface area (Å²) < 4.78 is 6.20. The van der Waals surface area contributed by atoms with E-state index in [0.717, 1.165) is 15.8 Å². The van der Waals surface area contributed by atoms with Crippen LogP contribution in [0.1, 0.15) is 17.4 Å². The van der Waals surface area contributed by atoms with Gasteiger partial charge >= 0.3 is 5.97 Å². The van der Waals surface area contributed by atoms with Gasteiger partial charge < -0.3 is 4.74 Å². The molecule has 0 aliphatic rings. The lowest BCUT2D eigenvalue weighted by Gasteiger charge is -2.17. The summed E-state index contributed by atoms with van der Waals surface area (Å²) in [4.78, 5) is 35.3. The van der Waals surface area contributed by atoms with Crippen molar-refractivity contribution in [1.82, 2.24) is 9.97 Å². The third kappa shape index (κ3) is 4.35. The molecule has 0 bridgehead atoms. The van der Waals surface area contributed by atoms with Crippen molar-refractivity contribution in [1.29, 1.82) is 0 Å². The van der Waals surface area contributed by atoms with Gasteiger partial charge in [-0.3, -0.25) is 9.69 Å². The molecule has 0 N–H and O–H groups in total. The Kier molecular flexibility index (Phi) is 6.08. The Morgan fingerprint density at radius 1 is 1.13 bits per heavy atom. The highest BCUT2D eigenvalue weighted by Crippen LogP contribution is 2.29. The fourth-order valence-corrected chi connectivity index (χ4v) is 4.82. The number of likely N-dealkylation sites (N-methyl/N-ethyl adjacent to an activating group) is 1. The molecule has 4 rings (SSSR count). The van der Waals surface area contributed by atoms with Gasteiger partial charge in [-0.05, 0) is 31.2 Å². The lowest BCUT2D eigenvalue weighted by molar-refractivity contribution is -0.121. The van der Waals surface area contributed by atoms with Crippen LogP contribution < -0.4 is 4.90 Å². The first-order chi connectivity index (χ1) is 14.5. The number of carbonyl (C=O) groups is 2. The summed E-state index contributed by atoms with van der Waals surface area (Å²) in [6, 6.07) is 14.9. The van der Waals surface area contributed by atoms with Crippen molar-refractivity contribution in [2.24, 2.45) is 0 Å². The van der Waals surface area contributed by atoms with E-state index in [1.165, 1.54) is 27.6 Å². The van der Waals surface area contributed by atoms with Gasteiger partial charge in [0, 0.05) is 22.5 Å². The van der Waals surface area contributed by atoms with Crippen LogP contribution in [0.15, 0.2) is 53.9 Å². The van der Waals surface area contributed by atoms with Crippen molar-refractivity contribution in [3.8, 4) is 10.6 Å². The molecule has 2 aromatic carbocycles. The van der Waals surface area contributed by atoms with Crippen LogP contribution in [0.5, 0.6) is 0 Å². The number of esters is 1. The highest BCUT2D eigenvalue weighted by atomic mass is 35.5. The van der Waals surface area contributed by atoms with Gasteiger partial charge in [0.1, 0.15) is 5.01 Å². The van der Waals surface area contributed by atoms with Gasteiger partial charge in [-0.25, -0.2) is 14.8 Å². The molecule has 0 unspecified atom stereocenters. The van der Waals surface area contributed by atoms with Crippen molar-refractivity contribution in [3.05, 3.63) is 64.6 Å². The number of halogens is 1. The molecule has 152 valence electrons. The average Bonchev–Trinajstić information content (AvgIpc) is 3.40. The molecule has 0 saturated carbocycles. The molecule has 2 aromatic heterocycles. The number of benzene rings is 2. The number of carbonyl (C=O) groups excluding carboxylic acids is 2. The minimum Gasteiger partial charge on any atom is -0.451 e. The molecule has 0 saturated heterocycles. The van der Waals surface area contributed by atoms with Crippen molar-refractivity contribution in [2.45, 2.75) is 6.92 Å². The second-order valence-corrected chi connectivity index (χ2v) is 8.53. The molecule has 0 atom stereocenters. The standard InChI is InChI=1S/C21H16ClN3O3S2/c1-2-25(21-24-15-8-3-4-9-17(15)30-21)18(26)11-28-20(27)16-12-29-19(23-16)13-6-5-7-14(22)10-13/h3-10,12H,2,11H2,1H3. The molecule has 0 fully saturated rings. The van der Waals surface area contributed by atoms with Gasteiger partial charge in [0.15, 0.2) is 17.4 Å². The summed E-state index contributed by atoms with van der Waals surface area (Å²) in [6.45, 7) is 1.89. The molecule has 0 aliphatic heterocycles. The Balaban J connectivity index is 1.42. The van der Waals surface area contributed by atoms with Crippen LogP contribution in [0.3, 0.4) is 0 Å². The van der Waals surface area contributed by atoms with Gasteiger partial charge in [-0.15, -0.1) is 11.3 Å². The summed E-state index contributed by atoms with van der Waals surface area (Å²) in [5.41, 5.74) is 1.80. The number of aromatic nitrogens is 2. The Hall–Kier alpha value is -2.81. The van der Waals surface area contributed by atoms with Crippen LogP contribution in [0.25, 0.3) is 20.8 Å². The number of amides is 1. The number of thiazole rings is 2. The SMILES string of the molecule is CCN(C(=O)COC(=O)c1csc(-c2cccc(Cl)c2)n1)c1nc2ccccc2s1. The minimum atomic E-state index is -0.645. The molecular weight excluding hydrogens is 442 g/mol. The summed E-state index contributed by atoms with van der Waals surface area (Å²) in [5.74, 6) is -0.983. The second kappa shape index (κ2) is 8.91. The van der Waals surface area contributed by atoms with E-state index in [1.807, 2.05) is 43.3 Å². The molecule has 9 heteroatoms. The van der Waals surface area contributed by atoms with E-state index >= 15 is 0 Å². The molecule has 0 spiro atoms.